The van der Waals surface area contributed by atoms with Crippen LogP contribution >= 0.6 is 11.6 Å². The van der Waals surface area contributed by atoms with E-state index in [9.17, 15) is 0 Å². The summed E-state index contributed by atoms with van der Waals surface area (Å²) in [5.74, 6) is 0.999. The van der Waals surface area contributed by atoms with E-state index in [0.717, 1.165) is 5.75 Å². The zero-order valence-electron chi connectivity index (χ0n) is 8.15. The monoisotopic (exact) mass is 212 g/mol. The first-order valence-corrected chi connectivity index (χ1v) is 5.89. The van der Waals surface area contributed by atoms with E-state index in [0.29, 0.717) is 15.0 Å². The van der Waals surface area contributed by atoms with Crippen LogP contribution < -0.4 is 9.92 Å². The fraction of sp³-hybridized carbons (Fsp3) is 0.400. The molecule has 13 heavy (non-hydrogen) atoms. The summed E-state index contributed by atoms with van der Waals surface area (Å²) in [6, 6.07) is 4.22. The van der Waals surface area contributed by atoms with Crippen molar-refractivity contribution in [3.8, 4) is 5.75 Å². The highest BCUT2D eigenvalue weighted by molar-refractivity contribution is 6.63. The number of hydrogen-bond donors (Lipinski definition) is 0. The van der Waals surface area contributed by atoms with Crippen molar-refractivity contribution in [2.45, 2.75) is 13.8 Å². The van der Waals surface area contributed by atoms with Gasteiger partial charge in [-0.15, -0.1) is 11.6 Å². The van der Waals surface area contributed by atoms with Crippen LogP contribution in [0.25, 0.3) is 0 Å². The van der Waals surface area contributed by atoms with Crippen molar-refractivity contribution < 1.29 is 4.74 Å². The Labute approximate surface area is 86.9 Å². The van der Waals surface area contributed by atoms with Crippen LogP contribution in [0, 0.1) is 13.8 Å². The summed E-state index contributed by atoms with van der Waals surface area (Å²) in [4.78, 5) is 0. The lowest BCUT2D eigenvalue weighted by atomic mass is 10.1. The fourth-order valence-corrected chi connectivity index (χ4v) is 2.49. The van der Waals surface area contributed by atoms with Gasteiger partial charge in [0, 0.05) is 5.50 Å². The van der Waals surface area contributed by atoms with Crippen LogP contribution in [-0.4, -0.2) is 22.1 Å². The number of aryl methyl sites for hydroxylation is 1. The van der Waals surface area contributed by atoms with Crippen molar-refractivity contribution in [3.05, 3.63) is 23.3 Å². The summed E-state index contributed by atoms with van der Waals surface area (Å²) in [7, 11) is 2.34. The van der Waals surface area contributed by atoms with E-state index in [2.05, 4.69) is 26.0 Å². The molecule has 0 aliphatic rings. The van der Waals surface area contributed by atoms with Crippen LogP contribution in [0.2, 0.25) is 0 Å². The molecule has 0 unspecified atom stereocenters. The van der Waals surface area contributed by atoms with Gasteiger partial charge in [0.25, 0.3) is 0 Å². The van der Waals surface area contributed by atoms with E-state index >= 15 is 0 Å². The van der Waals surface area contributed by atoms with Gasteiger partial charge in [-0.2, -0.15) is 0 Å². The zero-order valence-corrected chi connectivity index (χ0v) is 9.90. The number of alkyl halides is 1. The standard InChI is InChI=1S/C10H13ClOSi/c1-7-4-5-9(13-6-11)10(12-3)8(7)2/h4-5H,6H2,1-3H3. The lowest BCUT2D eigenvalue weighted by molar-refractivity contribution is 0.414. The number of benzene rings is 1. The molecule has 1 nitrogen and oxygen atoms in total. The Morgan fingerprint density at radius 1 is 1.38 bits per heavy atom. The Hall–Kier alpha value is -0.473. The Balaban J connectivity index is 3.13. The van der Waals surface area contributed by atoms with Gasteiger partial charge in [-0.25, -0.2) is 0 Å². The maximum Gasteiger partial charge on any atom is 0.120 e. The first-order valence-electron chi connectivity index (χ1n) is 4.14. The molecule has 0 fully saturated rings. The minimum absolute atomic E-state index is 0.626. The molecule has 0 saturated carbocycles. The predicted molar refractivity (Wildman–Crippen MR) is 58.6 cm³/mol. The van der Waals surface area contributed by atoms with Crippen LogP contribution in [0.1, 0.15) is 11.1 Å². The summed E-state index contributed by atoms with van der Waals surface area (Å²) in [5.41, 5.74) is 3.15. The summed E-state index contributed by atoms with van der Waals surface area (Å²) >= 11 is 5.71. The van der Waals surface area contributed by atoms with Gasteiger partial charge in [0.2, 0.25) is 0 Å². The van der Waals surface area contributed by atoms with Crippen molar-refractivity contribution in [2.24, 2.45) is 0 Å². The number of halogens is 1. The van der Waals surface area contributed by atoms with Crippen LogP contribution in [0.3, 0.4) is 0 Å². The minimum Gasteiger partial charge on any atom is -0.497 e. The van der Waals surface area contributed by atoms with Crippen molar-refractivity contribution in [2.75, 3.05) is 12.6 Å². The number of methoxy groups -OCH3 is 1. The molecule has 1 aromatic carbocycles. The van der Waals surface area contributed by atoms with Gasteiger partial charge in [0.15, 0.2) is 0 Å². The van der Waals surface area contributed by atoms with Crippen molar-refractivity contribution in [1.29, 1.82) is 0 Å². The molecule has 0 aliphatic carbocycles. The van der Waals surface area contributed by atoms with Gasteiger partial charge in [-0.05, 0) is 30.2 Å². The van der Waals surface area contributed by atoms with Crippen LogP contribution in [0.15, 0.2) is 12.1 Å². The Morgan fingerprint density at radius 3 is 2.62 bits per heavy atom. The van der Waals surface area contributed by atoms with Gasteiger partial charge in [0.1, 0.15) is 15.3 Å². The topological polar surface area (TPSA) is 9.23 Å². The third-order valence-electron chi connectivity index (χ3n) is 2.14. The molecule has 70 valence electrons. The molecular weight excluding hydrogens is 200 g/mol. The van der Waals surface area contributed by atoms with Crippen LogP contribution in [0.5, 0.6) is 5.75 Å². The highest BCUT2D eigenvalue weighted by Gasteiger charge is 2.07. The second-order valence-corrected chi connectivity index (χ2v) is 4.86. The number of hydrogen-bond acceptors (Lipinski definition) is 1. The number of rotatable bonds is 3. The van der Waals surface area contributed by atoms with E-state index in [1.807, 2.05) is 0 Å². The van der Waals surface area contributed by atoms with Crippen molar-refractivity contribution in [3.63, 3.8) is 0 Å². The van der Waals surface area contributed by atoms with E-state index in [-0.39, 0.29) is 0 Å². The van der Waals surface area contributed by atoms with Gasteiger partial charge >= 0.3 is 0 Å². The predicted octanol–water partition coefficient (Wildman–Crippen LogP) is 1.84. The quantitative estimate of drug-likeness (QED) is 0.549. The molecule has 0 spiro atoms. The lowest BCUT2D eigenvalue weighted by Gasteiger charge is -2.11. The average molecular weight is 213 g/mol. The molecule has 0 aromatic heterocycles. The second-order valence-electron chi connectivity index (χ2n) is 2.90. The maximum atomic E-state index is 5.71. The number of ether oxygens (including phenoxy) is 1. The summed E-state index contributed by atoms with van der Waals surface area (Å²) in [6.45, 7) is 4.17. The SMILES string of the molecule is COc1c([Si]CCl)ccc(C)c1C. The maximum absolute atomic E-state index is 5.71. The largest absolute Gasteiger partial charge is 0.497 e. The van der Waals surface area contributed by atoms with Crippen molar-refractivity contribution in [1.82, 2.24) is 0 Å². The molecule has 0 atom stereocenters. The Morgan fingerprint density at radius 2 is 2.08 bits per heavy atom. The highest BCUT2D eigenvalue weighted by Crippen LogP contribution is 2.17. The minimum atomic E-state index is 0.626. The molecule has 3 heteroatoms. The van der Waals surface area contributed by atoms with E-state index in [1.165, 1.54) is 16.3 Å². The molecule has 2 radical (unpaired) electrons. The molecule has 1 rings (SSSR count). The molecule has 0 N–H and O–H groups in total. The molecule has 1 aromatic rings. The van der Waals surface area contributed by atoms with Crippen molar-refractivity contribution >= 4 is 26.3 Å². The van der Waals surface area contributed by atoms with Crippen LogP contribution in [0.4, 0.5) is 0 Å². The molecule has 0 aliphatic heterocycles. The molecule has 0 saturated heterocycles. The third kappa shape index (κ3) is 2.26. The third-order valence-corrected chi connectivity index (χ3v) is 3.45. The van der Waals surface area contributed by atoms with Gasteiger partial charge in [0.05, 0.1) is 7.11 Å². The van der Waals surface area contributed by atoms with Crippen LogP contribution in [-0.2, 0) is 0 Å². The highest BCUT2D eigenvalue weighted by atomic mass is 35.5. The Bertz CT molecular complexity index is 299. The second kappa shape index (κ2) is 4.68. The molecule has 0 amide bonds. The fourth-order valence-electron chi connectivity index (χ4n) is 1.26. The first kappa shape index (κ1) is 10.6. The molecule has 0 bridgehead atoms. The average Bonchev–Trinajstić information content (AvgIpc) is 2.12. The Kier molecular flexibility index (Phi) is 3.82. The smallest absolute Gasteiger partial charge is 0.120 e. The van der Waals surface area contributed by atoms with E-state index < -0.39 is 0 Å². The lowest BCUT2D eigenvalue weighted by Crippen LogP contribution is -2.19. The van der Waals surface area contributed by atoms with E-state index in [4.69, 9.17) is 16.3 Å². The zero-order chi connectivity index (χ0) is 9.84. The summed E-state index contributed by atoms with van der Waals surface area (Å²) < 4.78 is 5.36. The normalized spacial score (nSPS) is 10.2. The van der Waals surface area contributed by atoms with Gasteiger partial charge in [-0.3, -0.25) is 0 Å². The summed E-state index contributed by atoms with van der Waals surface area (Å²) in [6.07, 6.45) is 0. The van der Waals surface area contributed by atoms with Gasteiger partial charge < -0.3 is 4.74 Å². The molecule has 0 heterocycles. The first-order chi connectivity index (χ1) is 6.20. The van der Waals surface area contributed by atoms with Gasteiger partial charge in [-0.1, -0.05) is 12.1 Å². The van der Waals surface area contributed by atoms with E-state index in [1.54, 1.807) is 7.11 Å². The summed E-state index contributed by atoms with van der Waals surface area (Å²) in [5, 5.41) is 1.22. The molecular formula is C10H13ClOSi.